The van der Waals surface area contributed by atoms with E-state index in [1.807, 2.05) is 78.9 Å². The summed E-state index contributed by atoms with van der Waals surface area (Å²) < 4.78 is 7.09. The fraction of sp³-hybridized carbons (Fsp3) is 0. The summed E-state index contributed by atoms with van der Waals surface area (Å²) in [5.41, 5.74) is 8.32. The average Bonchev–Trinajstić information content (AvgIpc) is 3.23. The van der Waals surface area contributed by atoms with Crippen molar-refractivity contribution >= 4 is 60.9 Å². The lowest BCUT2D eigenvalue weighted by atomic mass is 10.0. The van der Waals surface area contributed by atoms with Crippen molar-refractivity contribution in [2.75, 3.05) is 5.43 Å². The van der Waals surface area contributed by atoms with Gasteiger partial charge >= 0.3 is 0 Å². The van der Waals surface area contributed by atoms with Gasteiger partial charge in [-0.2, -0.15) is 5.10 Å². The van der Waals surface area contributed by atoms with Gasteiger partial charge in [0.25, 0.3) is 0 Å². The van der Waals surface area contributed by atoms with E-state index in [1.165, 1.54) is 0 Å². The molecule has 2 aromatic heterocycles. The van der Waals surface area contributed by atoms with Gasteiger partial charge in [-0.05, 0) is 35.9 Å². The molecule has 0 spiro atoms. The lowest BCUT2D eigenvalue weighted by Gasteiger charge is -2.09. The maximum Gasteiger partial charge on any atom is 0.244 e. The molecule has 0 bridgehead atoms. The van der Waals surface area contributed by atoms with Gasteiger partial charge in [-0.25, -0.2) is 15.4 Å². The van der Waals surface area contributed by atoms with Gasteiger partial charge in [0.1, 0.15) is 11.2 Å². The van der Waals surface area contributed by atoms with E-state index in [-0.39, 0.29) is 0 Å². The predicted octanol–water partition coefficient (Wildman–Crippen LogP) is 7.40. The van der Waals surface area contributed by atoms with Crippen molar-refractivity contribution in [1.29, 1.82) is 0 Å². The zero-order valence-electron chi connectivity index (χ0n) is 17.4. The largest absolute Gasteiger partial charge is 0.456 e. The van der Waals surface area contributed by atoms with Crippen molar-refractivity contribution in [1.82, 2.24) is 9.97 Å². The van der Waals surface area contributed by atoms with Crippen LogP contribution in [0, 0.1) is 0 Å². The SMILES string of the molecule is Brc1cccc(C=NNc2nc(-c3cccc4oc5ccccc5c34)c3ccccc3n2)c1. The molecule has 0 aliphatic heterocycles. The summed E-state index contributed by atoms with van der Waals surface area (Å²) in [5, 5.41) is 7.43. The first-order chi connectivity index (χ1) is 16.3. The second-order valence-corrected chi connectivity index (χ2v) is 8.53. The molecule has 0 saturated heterocycles. The first-order valence-corrected chi connectivity index (χ1v) is 11.3. The third kappa shape index (κ3) is 3.64. The van der Waals surface area contributed by atoms with Crippen LogP contribution < -0.4 is 5.43 Å². The molecule has 33 heavy (non-hydrogen) atoms. The van der Waals surface area contributed by atoms with Gasteiger partial charge in [0.2, 0.25) is 5.95 Å². The first-order valence-electron chi connectivity index (χ1n) is 10.5. The quantitative estimate of drug-likeness (QED) is 0.205. The molecule has 0 radical (unpaired) electrons. The lowest BCUT2D eigenvalue weighted by Crippen LogP contribution is -2.00. The molecule has 4 aromatic carbocycles. The highest BCUT2D eigenvalue weighted by Gasteiger charge is 2.16. The molecule has 0 saturated carbocycles. The Labute approximate surface area is 197 Å². The number of fused-ring (bicyclic) bond motifs is 4. The number of benzene rings is 4. The topological polar surface area (TPSA) is 63.3 Å². The number of hydrazone groups is 1. The maximum atomic E-state index is 6.09. The molecule has 6 rings (SSSR count). The van der Waals surface area contributed by atoms with E-state index in [9.17, 15) is 0 Å². The Bertz CT molecular complexity index is 1670. The molecular weight excluding hydrogens is 476 g/mol. The summed E-state index contributed by atoms with van der Waals surface area (Å²) in [6, 6.07) is 30.0. The van der Waals surface area contributed by atoms with Gasteiger partial charge in [-0.15, -0.1) is 0 Å². The van der Waals surface area contributed by atoms with E-state index in [1.54, 1.807) is 6.21 Å². The van der Waals surface area contributed by atoms with E-state index in [2.05, 4.69) is 43.6 Å². The van der Waals surface area contributed by atoms with Crippen LogP contribution in [0.4, 0.5) is 5.95 Å². The third-order valence-corrected chi connectivity index (χ3v) is 5.98. The summed E-state index contributed by atoms with van der Waals surface area (Å²) in [4.78, 5) is 9.54. The number of nitrogens with zero attached hydrogens (tertiary/aromatic N) is 3. The minimum absolute atomic E-state index is 0.430. The number of halogens is 1. The van der Waals surface area contributed by atoms with Crippen LogP contribution in [0.25, 0.3) is 44.1 Å². The first kappa shape index (κ1) is 19.6. The summed E-state index contributed by atoms with van der Waals surface area (Å²) in [6.45, 7) is 0. The van der Waals surface area contributed by atoms with Gasteiger partial charge in [-0.1, -0.05) is 76.6 Å². The van der Waals surface area contributed by atoms with Crippen molar-refractivity contribution in [2.45, 2.75) is 0 Å². The average molecular weight is 493 g/mol. The normalized spacial score (nSPS) is 11.7. The highest BCUT2D eigenvalue weighted by molar-refractivity contribution is 9.10. The Balaban J connectivity index is 1.50. The van der Waals surface area contributed by atoms with Gasteiger partial charge in [-0.3, -0.25) is 0 Å². The summed E-state index contributed by atoms with van der Waals surface area (Å²) in [6.07, 6.45) is 1.74. The molecule has 158 valence electrons. The van der Waals surface area contributed by atoms with Crippen LogP contribution in [0.15, 0.2) is 105 Å². The number of rotatable bonds is 4. The van der Waals surface area contributed by atoms with Gasteiger partial charge < -0.3 is 4.42 Å². The number of hydrogen-bond donors (Lipinski definition) is 1. The van der Waals surface area contributed by atoms with Crippen molar-refractivity contribution in [2.24, 2.45) is 5.10 Å². The standard InChI is InChI=1S/C27H17BrN4O/c28-18-8-5-7-17(15-18)16-29-32-27-30-22-12-3-1-9-19(22)26(31-27)21-11-6-14-24-25(21)20-10-2-4-13-23(20)33-24/h1-16H,(H,30,31,32). The van der Waals surface area contributed by atoms with Crippen molar-refractivity contribution in [3.8, 4) is 11.3 Å². The Hall–Kier alpha value is -4.03. The van der Waals surface area contributed by atoms with E-state index in [0.29, 0.717) is 5.95 Å². The Morgan fingerprint density at radius 2 is 1.58 bits per heavy atom. The highest BCUT2D eigenvalue weighted by atomic mass is 79.9. The molecule has 2 heterocycles. The lowest BCUT2D eigenvalue weighted by molar-refractivity contribution is 0.669. The van der Waals surface area contributed by atoms with E-state index in [0.717, 1.165) is 54.1 Å². The number of nitrogens with one attached hydrogen (secondary N) is 1. The molecule has 6 aromatic rings. The maximum absolute atomic E-state index is 6.09. The van der Waals surface area contributed by atoms with E-state index < -0.39 is 0 Å². The van der Waals surface area contributed by atoms with Gasteiger partial charge in [0.05, 0.1) is 17.4 Å². The fourth-order valence-electron chi connectivity index (χ4n) is 4.06. The van der Waals surface area contributed by atoms with Gasteiger partial charge in [0.15, 0.2) is 0 Å². The van der Waals surface area contributed by atoms with E-state index in [4.69, 9.17) is 9.40 Å². The van der Waals surface area contributed by atoms with Crippen LogP contribution in [0.2, 0.25) is 0 Å². The number of aromatic nitrogens is 2. The third-order valence-electron chi connectivity index (χ3n) is 5.49. The van der Waals surface area contributed by atoms with Crippen LogP contribution in [0.3, 0.4) is 0 Å². The summed E-state index contributed by atoms with van der Waals surface area (Å²) >= 11 is 3.48. The molecule has 6 heteroatoms. The zero-order chi connectivity index (χ0) is 22.2. The van der Waals surface area contributed by atoms with Crippen molar-refractivity contribution < 1.29 is 4.42 Å². The van der Waals surface area contributed by atoms with Crippen LogP contribution in [-0.2, 0) is 0 Å². The minimum Gasteiger partial charge on any atom is -0.456 e. The summed E-state index contributed by atoms with van der Waals surface area (Å²) in [5.74, 6) is 0.430. The Morgan fingerprint density at radius 3 is 2.48 bits per heavy atom. The molecule has 0 amide bonds. The van der Waals surface area contributed by atoms with Crippen LogP contribution in [0.1, 0.15) is 5.56 Å². The number of hydrogen-bond acceptors (Lipinski definition) is 5. The molecule has 0 aliphatic carbocycles. The van der Waals surface area contributed by atoms with Crippen molar-refractivity contribution in [3.63, 3.8) is 0 Å². The molecule has 0 fully saturated rings. The van der Waals surface area contributed by atoms with Crippen LogP contribution >= 0.6 is 15.9 Å². The number of anilines is 1. The number of para-hydroxylation sites is 2. The van der Waals surface area contributed by atoms with E-state index >= 15 is 0 Å². The second kappa shape index (κ2) is 8.15. The fourth-order valence-corrected chi connectivity index (χ4v) is 4.47. The number of furan rings is 1. The molecule has 0 atom stereocenters. The van der Waals surface area contributed by atoms with Crippen LogP contribution in [-0.4, -0.2) is 16.2 Å². The minimum atomic E-state index is 0.430. The smallest absolute Gasteiger partial charge is 0.244 e. The zero-order valence-corrected chi connectivity index (χ0v) is 19.0. The second-order valence-electron chi connectivity index (χ2n) is 7.61. The molecule has 1 N–H and O–H groups in total. The van der Waals surface area contributed by atoms with Gasteiger partial charge in [0, 0.05) is 26.2 Å². The predicted molar refractivity (Wildman–Crippen MR) is 138 cm³/mol. The monoisotopic (exact) mass is 492 g/mol. The Kier molecular flexibility index (Phi) is 4.85. The molecule has 5 nitrogen and oxygen atoms in total. The Morgan fingerprint density at radius 1 is 0.788 bits per heavy atom. The molecule has 0 unspecified atom stereocenters. The van der Waals surface area contributed by atoms with Crippen LogP contribution in [0.5, 0.6) is 0 Å². The summed E-state index contributed by atoms with van der Waals surface area (Å²) in [7, 11) is 0. The highest BCUT2D eigenvalue weighted by Crippen LogP contribution is 2.38. The van der Waals surface area contributed by atoms with Crippen molar-refractivity contribution in [3.05, 3.63) is 101 Å². The molecular formula is C27H17BrN4O. The molecule has 0 aliphatic rings.